The number of fused-ring (bicyclic) bond motifs is 1. The Kier molecular flexibility index (Phi) is 5.28. The number of benzene rings is 2. The number of carbonyl (C=O) groups excluding carboxylic acids is 1. The van der Waals surface area contributed by atoms with Crippen LogP contribution in [0.15, 0.2) is 48.5 Å². The Morgan fingerprint density at radius 1 is 1.12 bits per heavy atom. The van der Waals surface area contributed by atoms with Crippen molar-refractivity contribution in [2.24, 2.45) is 0 Å². The molecule has 0 spiro atoms. The lowest BCUT2D eigenvalue weighted by atomic mass is 10.1. The molecular weight excluding hydrogens is 302 g/mol. The van der Waals surface area contributed by atoms with Crippen LogP contribution in [0.4, 0.5) is 0 Å². The van der Waals surface area contributed by atoms with E-state index in [0.29, 0.717) is 13.0 Å². The largest absolute Gasteiger partial charge is 0.491 e. The van der Waals surface area contributed by atoms with E-state index < -0.39 is 6.10 Å². The molecule has 1 N–H and O–H groups in total. The highest BCUT2D eigenvalue weighted by Gasteiger charge is 2.23. The maximum Gasteiger partial charge on any atom is 0.163 e. The second-order valence-corrected chi connectivity index (χ2v) is 6.35. The van der Waals surface area contributed by atoms with Crippen molar-refractivity contribution in [1.29, 1.82) is 0 Å². The molecule has 1 atom stereocenters. The average Bonchev–Trinajstić information content (AvgIpc) is 2.96. The first kappa shape index (κ1) is 16.7. The monoisotopic (exact) mass is 325 g/mol. The number of hydrogen-bond acceptors (Lipinski definition) is 4. The predicted molar refractivity (Wildman–Crippen MR) is 93.4 cm³/mol. The Morgan fingerprint density at radius 3 is 2.71 bits per heavy atom. The molecule has 1 aliphatic rings. The van der Waals surface area contributed by atoms with Crippen LogP contribution in [0.2, 0.25) is 0 Å². The van der Waals surface area contributed by atoms with E-state index in [0.717, 1.165) is 29.8 Å². The molecule has 2 aromatic rings. The Labute approximate surface area is 142 Å². The van der Waals surface area contributed by atoms with Gasteiger partial charge in [-0.3, -0.25) is 9.69 Å². The number of rotatable bonds is 7. The Balaban J connectivity index is 1.51. The molecule has 1 unspecified atom stereocenters. The quantitative estimate of drug-likeness (QED) is 0.850. The van der Waals surface area contributed by atoms with Crippen molar-refractivity contribution >= 4 is 5.78 Å². The molecule has 4 nitrogen and oxygen atoms in total. The number of likely N-dealkylation sites (N-methyl/N-ethyl adjacent to an activating group) is 1. The van der Waals surface area contributed by atoms with E-state index in [1.54, 1.807) is 0 Å². The van der Waals surface area contributed by atoms with Gasteiger partial charge in [-0.1, -0.05) is 42.5 Å². The smallest absolute Gasteiger partial charge is 0.163 e. The van der Waals surface area contributed by atoms with Crippen molar-refractivity contribution in [3.8, 4) is 5.75 Å². The van der Waals surface area contributed by atoms with E-state index in [2.05, 4.69) is 17.0 Å². The Hall–Kier alpha value is -2.17. The third-order valence-corrected chi connectivity index (χ3v) is 4.28. The number of nitrogens with zero attached hydrogens (tertiary/aromatic N) is 1. The fourth-order valence-electron chi connectivity index (χ4n) is 3.15. The first-order valence-electron chi connectivity index (χ1n) is 8.32. The number of aliphatic hydroxyl groups excluding tert-OH is 1. The highest BCUT2D eigenvalue weighted by Crippen LogP contribution is 2.30. The number of carbonyl (C=O) groups is 1. The Bertz CT molecular complexity index is 699. The first-order chi connectivity index (χ1) is 11.6. The van der Waals surface area contributed by atoms with E-state index >= 15 is 0 Å². The number of hydrogen-bond donors (Lipinski definition) is 1. The second kappa shape index (κ2) is 7.60. The number of Topliss-reactive ketones (excluding diaryl/α,β-unsaturated/α-hetero) is 1. The number of ketones is 1. The lowest BCUT2D eigenvalue weighted by molar-refractivity contribution is 0.0740. The second-order valence-electron chi connectivity index (χ2n) is 6.35. The zero-order valence-corrected chi connectivity index (χ0v) is 13.9. The van der Waals surface area contributed by atoms with Gasteiger partial charge in [0.05, 0.1) is 0 Å². The van der Waals surface area contributed by atoms with Gasteiger partial charge >= 0.3 is 0 Å². The molecule has 1 aliphatic carbocycles. The van der Waals surface area contributed by atoms with Crippen molar-refractivity contribution in [1.82, 2.24) is 4.90 Å². The fraction of sp³-hybridized carbons (Fsp3) is 0.350. The van der Waals surface area contributed by atoms with E-state index in [9.17, 15) is 9.90 Å². The van der Waals surface area contributed by atoms with Crippen LogP contribution in [0.5, 0.6) is 5.75 Å². The lowest BCUT2D eigenvalue weighted by Crippen LogP contribution is -2.32. The summed E-state index contributed by atoms with van der Waals surface area (Å²) in [5.74, 6) is 0.904. The summed E-state index contributed by atoms with van der Waals surface area (Å²) in [5.41, 5.74) is 2.96. The van der Waals surface area contributed by atoms with Gasteiger partial charge in [-0.05, 0) is 25.1 Å². The number of ether oxygens (including phenoxy) is 1. The SMILES string of the molecule is CN(Cc1ccccc1)CC(O)COc1cccc2c1CCC2=O. The van der Waals surface area contributed by atoms with Gasteiger partial charge < -0.3 is 9.84 Å². The highest BCUT2D eigenvalue weighted by molar-refractivity contribution is 6.01. The summed E-state index contributed by atoms with van der Waals surface area (Å²) in [7, 11) is 1.98. The molecule has 4 heteroatoms. The zero-order valence-electron chi connectivity index (χ0n) is 13.9. The molecule has 0 fully saturated rings. The molecule has 0 saturated heterocycles. The van der Waals surface area contributed by atoms with Crippen molar-refractivity contribution < 1.29 is 14.6 Å². The van der Waals surface area contributed by atoms with Gasteiger partial charge in [-0.2, -0.15) is 0 Å². The first-order valence-corrected chi connectivity index (χ1v) is 8.32. The molecule has 3 rings (SSSR count). The molecule has 126 valence electrons. The van der Waals surface area contributed by atoms with Crippen LogP contribution < -0.4 is 4.74 Å². The Morgan fingerprint density at radius 2 is 1.92 bits per heavy atom. The summed E-state index contributed by atoms with van der Waals surface area (Å²) >= 11 is 0. The summed E-state index contributed by atoms with van der Waals surface area (Å²) in [6, 6.07) is 15.7. The lowest BCUT2D eigenvalue weighted by Gasteiger charge is -2.21. The third kappa shape index (κ3) is 4.02. The molecule has 0 bridgehead atoms. The summed E-state index contributed by atoms with van der Waals surface area (Å²) < 4.78 is 5.78. The van der Waals surface area contributed by atoms with Crippen LogP contribution in [-0.4, -0.2) is 42.1 Å². The predicted octanol–water partition coefficient (Wildman–Crippen LogP) is 2.69. The van der Waals surface area contributed by atoms with E-state index in [4.69, 9.17) is 4.74 Å². The van der Waals surface area contributed by atoms with Crippen LogP contribution in [-0.2, 0) is 13.0 Å². The minimum absolute atomic E-state index is 0.179. The van der Waals surface area contributed by atoms with Gasteiger partial charge in [-0.25, -0.2) is 0 Å². The van der Waals surface area contributed by atoms with E-state index in [-0.39, 0.29) is 12.4 Å². The van der Waals surface area contributed by atoms with Crippen molar-refractivity contribution in [3.63, 3.8) is 0 Å². The van der Waals surface area contributed by atoms with Crippen LogP contribution in [0, 0.1) is 0 Å². The summed E-state index contributed by atoms with van der Waals surface area (Å²) in [6.07, 6.45) is 0.707. The maximum absolute atomic E-state index is 11.8. The van der Waals surface area contributed by atoms with Gasteiger partial charge in [-0.15, -0.1) is 0 Å². The normalized spacial score (nSPS) is 14.7. The third-order valence-electron chi connectivity index (χ3n) is 4.28. The molecular formula is C20H23NO3. The summed E-state index contributed by atoms with van der Waals surface area (Å²) in [6.45, 7) is 1.54. The van der Waals surface area contributed by atoms with Crippen molar-refractivity contribution in [2.75, 3.05) is 20.2 Å². The average molecular weight is 325 g/mol. The van der Waals surface area contributed by atoms with Gasteiger partial charge in [0.1, 0.15) is 18.5 Å². The highest BCUT2D eigenvalue weighted by atomic mass is 16.5. The fourth-order valence-corrected chi connectivity index (χ4v) is 3.15. The standard InChI is InChI=1S/C20H23NO3/c1-21(12-15-6-3-2-4-7-15)13-16(22)14-24-20-9-5-8-17-18(20)10-11-19(17)23/h2-9,16,22H,10-14H2,1H3. The van der Waals surface area contributed by atoms with Gasteiger partial charge in [0.2, 0.25) is 0 Å². The van der Waals surface area contributed by atoms with Crippen LogP contribution in [0.3, 0.4) is 0 Å². The molecule has 0 aromatic heterocycles. The molecule has 0 heterocycles. The van der Waals surface area contributed by atoms with Gasteiger partial charge in [0, 0.05) is 30.6 Å². The number of aliphatic hydroxyl groups is 1. The van der Waals surface area contributed by atoms with Crippen LogP contribution in [0.1, 0.15) is 27.9 Å². The van der Waals surface area contributed by atoms with Crippen LogP contribution >= 0.6 is 0 Å². The molecule has 0 radical (unpaired) electrons. The van der Waals surface area contributed by atoms with Crippen molar-refractivity contribution in [3.05, 3.63) is 65.2 Å². The van der Waals surface area contributed by atoms with Crippen LogP contribution in [0.25, 0.3) is 0 Å². The van der Waals surface area contributed by atoms with E-state index in [1.807, 2.05) is 43.4 Å². The molecule has 0 saturated carbocycles. The van der Waals surface area contributed by atoms with E-state index in [1.165, 1.54) is 5.56 Å². The summed E-state index contributed by atoms with van der Waals surface area (Å²) in [5, 5.41) is 10.2. The maximum atomic E-state index is 11.8. The molecule has 24 heavy (non-hydrogen) atoms. The molecule has 2 aromatic carbocycles. The van der Waals surface area contributed by atoms with Gasteiger partial charge in [0.25, 0.3) is 0 Å². The molecule has 0 aliphatic heterocycles. The van der Waals surface area contributed by atoms with Gasteiger partial charge in [0.15, 0.2) is 5.78 Å². The van der Waals surface area contributed by atoms with Crippen molar-refractivity contribution in [2.45, 2.75) is 25.5 Å². The topological polar surface area (TPSA) is 49.8 Å². The minimum atomic E-state index is -0.577. The molecule has 0 amide bonds. The zero-order chi connectivity index (χ0) is 16.9. The summed E-state index contributed by atoms with van der Waals surface area (Å²) in [4.78, 5) is 13.8. The minimum Gasteiger partial charge on any atom is -0.491 e.